The lowest BCUT2D eigenvalue weighted by molar-refractivity contribution is -0.139. The molecule has 1 aliphatic rings. The van der Waals surface area contributed by atoms with Gasteiger partial charge in [-0.25, -0.2) is 4.79 Å². The lowest BCUT2D eigenvalue weighted by atomic mass is 9.70. The highest BCUT2D eigenvalue weighted by molar-refractivity contribution is 5.92. The quantitative estimate of drug-likeness (QED) is 0.433. The largest absolute Gasteiger partial charge is 0.482 e. The second kappa shape index (κ2) is 12.1. The standard InChI is InChI=1S/C31H36N2O4/c1-32(2)30(36)31(25-11-5-3-6-12-25,26-13-7-4-8-14-26)19-22-33-20-17-24(18-21-33)27-15-9-10-16-28(27)37-23-29(34)35/h3-16,24H,17-23H2,1-2H3,(H,34,35). The maximum atomic E-state index is 13.9. The van der Waals surface area contributed by atoms with E-state index in [0.717, 1.165) is 49.2 Å². The molecule has 37 heavy (non-hydrogen) atoms. The molecule has 3 aromatic rings. The number of likely N-dealkylation sites (N-methyl/N-ethyl adjacent to an activating group) is 1. The van der Waals surface area contributed by atoms with E-state index in [9.17, 15) is 9.59 Å². The van der Waals surface area contributed by atoms with Gasteiger partial charge in [-0.15, -0.1) is 0 Å². The fourth-order valence-electron chi connectivity index (χ4n) is 5.52. The van der Waals surface area contributed by atoms with Crippen LogP contribution in [0.4, 0.5) is 0 Å². The number of piperidine rings is 1. The minimum Gasteiger partial charge on any atom is -0.482 e. The van der Waals surface area contributed by atoms with Gasteiger partial charge in [0.25, 0.3) is 0 Å². The highest BCUT2D eigenvalue weighted by Gasteiger charge is 2.43. The van der Waals surface area contributed by atoms with Crippen molar-refractivity contribution in [2.24, 2.45) is 0 Å². The van der Waals surface area contributed by atoms with E-state index in [-0.39, 0.29) is 12.5 Å². The summed E-state index contributed by atoms with van der Waals surface area (Å²) in [4.78, 5) is 29.0. The van der Waals surface area contributed by atoms with E-state index in [4.69, 9.17) is 9.84 Å². The third-order valence-corrected chi connectivity index (χ3v) is 7.41. The predicted octanol–water partition coefficient (Wildman–Crippen LogP) is 4.79. The highest BCUT2D eigenvalue weighted by Crippen LogP contribution is 2.39. The summed E-state index contributed by atoms with van der Waals surface area (Å²) in [6, 6.07) is 28.0. The molecule has 0 bridgehead atoms. The van der Waals surface area contributed by atoms with E-state index >= 15 is 0 Å². The van der Waals surface area contributed by atoms with E-state index in [1.165, 1.54) is 0 Å². The first kappa shape index (κ1) is 26.4. The Morgan fingerprint density at radius 3 is 1.97 bits per heavy atom. The van der Waals surface area contributed by atoms with E-state index in [2.05, 4.69) is 29.2 Å². The Bertz CT molecular complexity index is 1130. The second-order valence-electron chi connectivity index (χ2n) is 9.92. The van der Waals surface area contributed by atoms with Crippen molar-refractivity contribution in [2.45, 2.75) is 30.6 Å². The third-order valence-electron chi connectivity index (χ3n) is 7.41. The number of aliphatic carboxylic acids is 1. The van der Waals surface area contributed by atoms with Crippen LogP contribution >= 0.6 is 0 Å². The van der Waals surface area contributed by atoms with Crippen LogP contribution in [0.25, 0.3) is 0 Å². The monoisotopic (exact) mass is 500 g/mol. The number of carboxylic acid groups (broad SMARTS) is 1. The molecule has 194 valence electrons. The van der Waals surface area contributed by atoms with E-state index in [1.54, 1.807) is 4.90 Å². The SMILES string of the molecule is CN(C)C(=O)C(CCN1CCC(c2ccccc2OCC(=O)O)CC1)(c1ccccc1)c1ccccc1. The van der Waals surface area contributed by atoms with Crippen LogP contribution in [0.15, 0.2) is 84.9 Å². The maximum Gasteiger partial charge on any atom is 0.341 e. The number of carbonyl (C=O) groups is 2. The van der Waals surface area contributed by atoms with Crippen molar-refractivity contribution < 1.29 is 19.4 Å². The molecule has 0 atom stereocenters. The number of para-hydroxylation sites is 1. The summed E-state index contributed by atoms with van der Waals surface area (Å²) in [5.74, 6) is 0.0891. The van der Waals surface area contributed by atoms with Gasteiger partial charge in [0.2, 0.25) is 5.91 Å². The summed E-state index contributed by atoms with van der Waals surface area (Å²) >= 11 is 0. The number of amides is 1. The second-order valence-corrected chi connectivity index (χ2v) is 9.92. The van der Waals surface area contributed by atoms with Gasteiger partial charge >= 0.3 is 5.97 Å². The van der Waals surface area contributed by atoms with Crippen LogP contribution in [0.5, 0.6) is 5.75 Å². The Kier molecular flexibility index (Phi) is 8.62. The zero-order valence-electron chi connectivity index (χ0n) is 21.7. The van der Waals surface area contributed by atoms with E-state index in [1.807, 2.05) is 74.8 Å². The minimum atomic E-state index is -0.975. The molecule has 0 aromatic heterocycles. The number of carbonyl (C=O) groups excluding carboxylic acids is 1. The van der Waals surface area contributed by atoms with Crippen molar-refractivity contribution >= 4 is 11.9 Å². The molecule has 1 amide bonds. The van der Waals surface area contributed by atoms with Gasteiger partial charge in [-0.1, -0.05) is 78.9 Å². The average Bonchev–Trinajstić information content (AvgIpc) is 2.94. The van der Waals surface area contributed by atoms with Crippen LogP contribution in [0.1, 0.15) is 41.9 Å². The van der Waals surface area contributed by atoms with Crippen molar-refractivity contribution in [2.75, 3.05) is 40.3 Å². The predicted molar refractivity (Wildman–Crippen MR) is 145 cm³/mol. The fourth-order valence-corrected chi connectivity index (χ4v) is 5.52. The molecule has 1 saturated heterocycles. The summed E-state index contributed by atoms with van der Waals surface area (Å²) in [6.07, 6.45) is 2.60. The van der Waals surface area contributed by atoms with Crippen LogP contribution in [0.2, 0.25) is 0 Å². The Balaban J connectivity index is 1.52. The first-order valence-electron chi connectivity index (χ1n) is 12.9. The first-order chi connectivity index (χ1) is 17.9. The van der Waals surface area contributed by atoms with Crippen LogP contribution in [-0.2, 0) is 15.0 Å². The van der Waals surface area contributed by atoms with Crippen molar-refractivity contribution in [3.05, 3.63) is 102 Å². The number of rotatable bonds is 10. The average molecular weight is 501 g/mol. The topological polar surface area (TPSA) is 70.1 Å². The van der Waals surface area contributed by atoms with Crippen molar-refractivity contribution in [3.8, 4) is 5.75 Å². The van der Waals surface area contributed by atoms with Crippen molar-refractivity contribution in [3.63, 3.8) is 0 Å². The lowest BCUT2D eigenvalue weighted by Gasteiger charge is -2.39. The Morgan fingerprint density at radius 1 is 0.892 bits per heavy atom. The fraction of sp³-hybridized carbons (Fsp3) is 0.355. The minimum absolute atomic E-state index is 0.0873. The Morgan fingerprint density at radius 2 is 1.43 bits per heavy atom. The summed E-state index contributed by atoms with van der Waals surface area (Å²) in [5, 5.41) is 9.01. The van der Waals surface area contributed by atoms with Crippen molar-refractivity contribution in [1.29, 1.82) is 0 Å². The van der Waals surface area contributed by atoms with E-state index in [0.29, 0.717) is 18.1 Å². The molecule has 1 fully saturated rings. The normalized spacial score (nSPS) is 14.8. The molecule has 0 saturated carbocycles. The molecule has 0 unspecified atom stereocenters. The van der Waals surface area contributed by atoms with Gasteiger partial charge in [-0.2, -0.15) is 0 Å². The van der Waals surface area contributed by atoms with Crippen LogP contribution in [0.3, 0.4) is 0 Å². The molecule has 0 spiro atoms. The lowest BCUT2D eigenvalue weighted by Crippen LogP contribution is -2.47. The molecule has 0 aliphatic carbocycles. The zero-order valence-corrected chi connectivity index (χ0v) is 21.7. The molecule has 1 N–H and O–H groups in total. The highest BCUT2D eigenvalue weighted by atomic mass is 16.5. The van der Waals surface area contributed by atoms with Crippen LogP contribution in [0, 0.1) is 0 Å². The van der Waals surface area contributed by atoms with Gasteiger partial charge in [0.15, 0.2) is 6.61 Å². The summed E-state index contributed by atoms with van der Waals surface area (Å²) in [6.45, 7) is 2.28. The number of benzene rings is 3. The third kappa shape index (κ3) is 6.03. The zero-order chi connectivity index (χ0) is 26.3. The van der Waals surface area contributed by atoms with Crippen LogP contribution in [-0.4, -0.2) is 67.1 Å². The van der Waals surface area contributed by atoms with Gasteiger partial charge in [-0.3, -0.25) is 4.79 Å². The Labute approximate surface area is 219 Å². The smallest absolute Gasteiger partial charge is 0.341 e. The number of hydrogen-bond donors (Lipinski definition) is 1. The molecule has 1 heterocycles. The molecular formula is C31H36N2O4. The van der Waals surface area contributed by atoms with Gasteiger partial charge < -0.3 is 19.6 Å². The summed E-state index contributed by atoms with van der Waals surface area (Å²) in [7, 11) is 3.66. The number of carboxylic acids is 1. The van der Waals surface area contributed by atoms with Gasteiger partial charge in [-0.05, 0) is 67.6 Å². The molecular weight excluding hydrogens is 464 g/mol. The molecule has 0 radical (unpaired) electrons. The number of hydrogen-bond acceptors (Lipinski definition) is 4. The summed E-state index contributed by atoms with van der Waals surface area (Å²) in [5.41, 5.74) is 2.34. The molecule has 1 aliphatic heterocycles. The molecule has 6 nitrogen and oxygen atoms in total. The van der Waals surface area contributed by atoms with Gasteiger partial charge in [0.1, 0.15) is 11.2 Å². The Hall–Kier alpha value is -3.64. The van der Waals surface area contributed by atoms with E-state index < -0.39 is 11.4 Å². The van der Waals surface area contributed by atoms with Crippen LogP contribution < -0.4 is 4.74 Å². The number of ether oxygens (including phenoxy) is 1. The van der Waals surface area contributed by atoms with Crippen molar-refractivity contribution in [1.82, 2.24) is 9.80 Å². The number of likely N-dealkylation sites (tertiary alicyclic amines) is 1. The van der Waals surface area contributed by atoms with Gasteiger partial charge in [0, 0.05) is 14.1 Å². The maximum absolute atomic E-state index is 13.9. The first-order valence-corrected chi connectivity index (χ1v) is 12.9. The van der Waals surface area contributed by atoms with Gasteiger partial charge in [0.05, 0.1) is 0 Å². The molecule has 3 aromatic carbocycles. The summed E-state index contributed by atoms with van der Waals surface area (Å²) < 4.78 is 5.56. The number of nitrogens with zero attached hydrogens (tertiary/aromatic N) is 2. The molecule has 6 heteroatoms. The molecule has 4 rings (SSSR count).